The maximum Gasteiger partial charge on any atom is 0.305 e. The Morgan fingerprint density at radius 2 is 2.20 bits per heavy atom. The number of hydrogen-bond acceptors (Lipinski definition) is 3. The van der Waals surface area contributed by atoms with Crippen molar-refractivity contribution in [2.45, 2.75) is 46.8 Å². The summed E-state index contributed by atoms with van der Waals surface area (Å²) in [5.74, 6) is 0.199. The molecule has 0 N–H and O–H groups in total. The van der Waals surface area contributed by atoms with Gasteiger partial charge in [-0.05, 0) is 42.7 Å². The van der Waals surface area contributed by atoms with Crippen molar-refractivity contribution in [3.63, 3.8) is 0 Å². The standard InChI is InChI=1S/C17H22O3/c1-11-5-6-14-13(9-11)10-17(16(14,3)4)7-8-19-15(17)20-12(2)18/h7-10,14-15H,5-6H2,1-4H3/t14?,15-,17-/m0/s1. The van der Waals surface area contributed by atoms with Crippen LogP contribution in [0.15, 0.2) is 35.6 Å². The summed E-state index contributed by atoms with van der Waals surface area (Å²) in [6.07, 6.45) is 10.1. The minimum atomic E-state index is -0.540. The van der Waals surface area contributed by atoms with E-state index in [9.17, 15) is 4.79 Å². The summed E-state index contributed by atoms with van der Waals surface area (Å²) in [4.78, 5) is 11.4. The van der Waals surface area contributed by atoms with Crippen LogP contribution in [0.2, 0.25) is 0 Å². The number of allylic oxidation sites excluding steroid dienone is 3. The number of fused-ring (bicyclic) bond motifs is 1. The van der Waals surface area contributed by atoms with Gasteiger partial charge in [0.1, 0.15) is 0 Å². The molecule has 0 amide bonds. The smallest absolute Gasteiger partial charge is 0.305 e. The molecule has 3 heteroatoms. The molecule has 0 saturated carbocycles. The number of hydrogen-bond donors (Lipinski definition) is 0. The van der Waals surface area contributed by atoms with E-state index < -0.39 is 6.29 Å². The molecular weight excluding hydrogens is 252 g/mol. The first-order valence-corrected chi connectivity index (χ1v) is 7.27. The first kappa shape index (κ1) is 13.5. The molecule has 0 aromatic heterocycles. The van der Waals surface area contributed by atoms with E-state index in [1.807, 2.05) is 0 Å². The molecule has 1 spiro atoms. The highest BCUT2D eigenvalue weighted by Crippen LogP contribution is 2.62. The van der Waals surface area contributed by atoms with E-state index in [2.05, 4.69) is 39.0 Å². The average Bonchev–Trinajstić information content (AvgIpc) is 2.81. The first-order chi connectivity index (χ1) is 9.37. The zero-order valence-electron chi connectivity index (χ0n) is 12.6. The van der Waals surface area contributed by atoms with Crippen LogP contribution in [0.25, 0.3) is 0 Å². The van der Waals surface area contributed by atoms with E-state index >= 15 is 0 Å². The van der Waals surface area contributed by atoms with Crippen molar-refractivity contribution in [3.05, 3.63) is 35.6 Å². The summed E-state index contributed by atoms with van der Waals surface area (Å²) < 4.78 is 11.0. The quantitative estimate of drug-likeness (QED) is 0.683. The molecule has 1 aliphatic heterocycles. The van der Waals surface area contributed by atoms with Gasteiger partial charge in [0.25, 0.3) is 6.29 Å². The third kappa shape index (κ3) is 1.68. The van der Waals surface area contributed by atoms with Crippen molar-refractivity contribution in [3.8, 4) is 0 Å². The van der Waals surface area contributed by atoms with Gasteiger partial charge in [0.15, 0.2) is 0 Å². The zero-order chi connectivity index (χ0) is 14.5. The molecule has 0 aromatic rings. The summed E-state index contributed by atoms with van der Waals surface area (Å²) in [6, 6.07) is 0. The Morgan fingerprint density at radius 1 is 1.45 bits per heavy atom. The van der Waals surface area contributed by atoms with Crippen LogP contribution in [0.5, 0.6) is 0 Å². The molecule has 0 saturated heterocycles. The average molecular weight is 274 g/mol. The molecule has 0 bridgehead atoms. The fourth-order valence-corrected chi connectivity index (χ4v) is 4.00. The number of rotatable bonds is 1. The largest absolute Gasteiger partial charge is 0.461 e. The van der Waals surface area contributed by atoms with Crippen LogP contribution in [0.3, 0.4) is 0 Å². The van der Waals surface area contributed by atoms with Crippen molar-refractivity contribution in [2.75, 3.05) is 0 Å². The monoisotopic (exact) mass is 274 g/mol. The lowest BCUT2D eigenvalue weighted by atomic mass is 9.61. The molecular formula is C17H22O3. The van der Waals surface area contributed by atoms with Crippen LogP contribution < -0.4 is 0 Å². The summed E-state index contributed by atoms with van der Waals surface area (Å²) in [5.41, 5.74) is 2.42. The molecule has 3 atom stereocenters. The van der Waals surface area contributed by atoms with Gasteiger partial charge in [0.2, 0.25) is 0 Å². The number of esters is 1. The molecule has 20 heavy (non-hydrogen) atoms. The predicted molar refractivity (Wildman–Crippen MR) is 76.6 cm³/mol. The van der Waals surface area contributed by atoms with E-state index in [-0.39, 0.29) is 16.8 Å². The van der Waals surface area contributed by atoms with Gasteiger partial charge in [-0.15, -0.1) is 0 Å². The Kier molecular flexibility index (Phi) is 2.86. The summed E-state index contributed by atoms with van der Waals surface area (Å²) in [5, 5.41) is 0. The molecule has 2 aliphatic carbocycles. The van der Waals surface area contributed by atoms with Gasteiger partial charge in [-0.25, -0.2) is 0 Å². The fourth-order valence-electron chi connectivity index (χ4n) is 4.00. The molecule has 3 rings (SSSR count). The van der Waals surface area contributed by atoms with Crippen molar-refractivity contribution < 1.29 is 14.3 Å². The molecule has 1 heterocycles. The predicted octanol–water partition coefficient (Wildman–Crippen LogP) is 3.73. The van der Waals surface area contributed by atoms with Gasteiger partial charge in [-0.1, -0.05) is 31.6 Å². The van der Waals surface area contributed by atoms with Crippen LogP contribution in [-0.2, 0) is 14.3 Å². The highest BCUT2D eigenvalue weighted by atomic mass is 16.7. The van der Waals surface area contributed by atoms with E-state index in [1.54, 1.807) is 6.26 Å². The van der Waals surface area contributed by atoms with Gasteiger partial charge in [0.05, 0.1) is 11.7 Å². The lowest BCUT2D eigenvalue weighted by Gasteiger charge is -2.43. The van der Waals surface area contributed by atoms with E-state index in [1.165, 1.54) is 18.1 Å². The number of carbonyl (C=O) groups is 1. The van der Waals surface area contributed by atoms with Gasteiger partial charge in [-0.3, -0.25) is 4.79 Å². The van der Waals surface area contributed by atoms with E-state index in [4.69, 9.17) is 9.47 Å². The van der Waals surface area contributed by atoms with Gasteiger partial charge in [0, 0.05) is 6.92 Å². The summed E-state index contributed by atoms with van der Waals surface area (Å²) in [6.45, 7) is 8.12. The van der Waals surface area contributed by atoms with E-state index in [0.29, 0.717) is 5.92 Å². The molecule has 3 nitrogen and oxygen atoms in total. The fraction of sp³-hybridized carbons (Fsp3) is 0.588. The topological polar surface area (TPSA) is 35.5 Å². The minimum Gasteiger partial charge on any atom is -0.461 e. The van der Waals surface area contributed by atoms with Gasteiger partial charge in [-0.2, -0.15) is 0 Å². The highest BCUT2D eigenvalue weighted by molar-refractivity contribution is 5.66. The SMILES string of the molecule is CC(=O)O[C@@H]1OC=C[C@]12C=C1C=C(C)CCC1C2(C)C. The third-order valence-electron chi connectivity index (χ3n) is 5.24. The second-order valence-corrected chi connectivity index (χ2v) is 6.76. The molecule has 0 aromatic carbocycles. The third-order valence-corrected chi connectivity index (χ3v) is 5.24. The van der Waals surface area contributed by atoms with Crippen LogP contribution in [-0.4, -0.2) is 12.3 Å². The number of ether oxygens (including phenoxy) is 2. The van der Waals surface area contributed by atoms with Crippen molar-refractivity contribution in [2.24, 2.45) is 16.7 Å². The van der Waals surface area contributed by atoms with Crippen molar-refractivity contribution in [1.82, 2.24) is 0 Å². The Morgan fingerprint density at radius 3 is 2.90 bits per heavy atom. The van der Waals surface area contributed by atoms with Crippen LogP contribution in [0.1, 0.15) is 40.5 Å². The van der Waals surface area contributed by atoms with Crippen molar-refractivity contribution >= 4 is 5.97 Å². The molecule has 1 unspecified atom stereocenters. The highest BCUT2D eigenvalue weighted by Gasteiger charge is 2.60. The molecule has 3 aliphatic rings. The zero-order valence-corrected chi connectivity index (χ0v) is 12.6. The summed E-state index contributed by atoms with van der Waals surface area (Å²) in [7, 11) is 0. The first-order valence-electron chi connectivity index (χ1n) is 7.27. The Hall–Kier alpha value is -1.51. The Bertz CT molecular complexity index is 538. The van der Waals surface area contributed by atoms with Gasteiger partial charge >= 0.3 is 5.97 Å². The minimum absolute atomic E-state index is 0.0212. The normalized spacial score (nSPS) is 37.2. The lowest BCUT2D eigenvalue weighted by Crippen LogP contribution is -2.45. The Labute approximate surface area is 120 Å². The maximum atomic E-state index is 11.4. The second-order valence-electron chi connectivity index (χ2n) is 6.76. The molecule has 108 valence electrons. The maximum absolute atomic E-state index is 11.4. The van der Waals surface area contributed by atoms with Crippen LogP contribution in [0.4, 0.5) is 0 Å². The lowest BCUT2D eigenvalue weighted by molar-refractivity contribution is -0.185. The Balaban J connectivity index is 2.04. The summed E-state index contributed by atoms with van der Waals surface area (Å²) >= 11 is 0. The van der Waals surface area contributed by atoms with Crippen LogP contribution in [0, 0.1) is 16.7 Å². The van der Waals surface area contributed by atoms with Crippen molar-refractivity contribution in [1.29, 1.82) is 0 Å². The molecule has 0 radical (unpaired) electrons. The van der Waals surface area contributed by atoms with Gasteiger partial charge < -0.3 is 9.47 Å². The van der Waals surface area contributed by atoms with Crippen LogP contribution >= 0.6 is 0 Å². The number of carbonyl (C=O) groups excluding carboxylic acids is 1. The molecule has 0 fully saturated rings. The second kappa shape index (κ2) is 4.24. The van der Waals surface area contributed by atoms with E-state index in [0.717, 1.165) is 12.8 Å².